The van der Waals surface area contributed by atoms with E-state index in [9.17, 15) is 0 Å². The molecule has 0 spiro atoms. The first-order valence-corrected chi connectivity index (χ1v) is 7.55. The highest BCUT2D eigenvalue weighted by molar-refractivity contribution is 6.31. The molecule has 21 heavy (non-hydrogen) atoms. The Morgan fingerprint density at radius 3 is 2.76 bits per heavy atom. The van der Waals surface area contributed by atoms with Gasteiger partial charge in [-0.05, 0) is 55.7 Å². The summed E-state index contributed by atoms with van der Waals surface area (Å²) in [5.74, 6) is 0.929. The number of anilines is 1. The van der Waals surface area contributed by atoms with E-state index in [1.54, 1.807) is 0 Å². The molecular formula is C17H16ClN3. The van der Waals surface area contributed by atoms with Gasteiger partial charge in [0.2, 0.25) is 0 Å². The maximum absolute atomic E-state index is 6.15. The zero-order chi connectivity index (χ0) is 14.6. The predicted molar refractivity (Wildman–Crippen MR) is 87.6 cm³/mol. The van der Waals surface area contributed by atoms with Gasteiger partial charge in [-0.3, -0.25) is 0 Å². The lowest BCUT2D eigenvalue weighted by Crippen LogP contribution is -2.00. The van der Waals surface area contributed by atoms with Crippen LogP contribution in [0, 0.1) is 6.92 Å². The molecule has 0 atom stereocenters. The molecule has 1 aliphatic carbocycles. The molecule has 0 aliphatic heterocycles. The second-order valence-electron chi connectivity index (χ2n) is 5.76. The predicted octanol–water partition coefficient (Wildman–Crippen LogP) is 4.58. The number of imidazole rings is 1. The molecule has 3 aromatic rings. The Bertz CT molecular complexity index is 847. The Morgan fingerprint density at radius 1 is 1.19 bits per heavy atom. The molecule has 0 unspecified atom stereocenters. The summed E-state index contributed by atoms with van der Waals surface area (Å²) in [6.45, 7) is 2.09. The van der Waals surface area contributed by atoms with Gasteiger partial charge in [-0.15, -0.1) is 0 Å². The molecule has 1 heterocycles. The minimum atomic E-state index is 0.533. The van der Waals surface area contributed by atoms with Gasteiger partial charge in [-0.25, -0.2) is 4.98 Å². The zero-order valence-electron chi connectivity index (χ0n) is 11.8. The molecule has 2 N–H and O–H groups in total. The van der Waals surface area contributed by atoms with Gasteiger partial charge < -0.3 is 10.3 Å². The third-order valence-corrected chi connectivity index (χ3v) is 4.25. The highest BCUT2D eigenvalue weighted by Gasteiger charge is 2.29. The molecule has 0 saturated heterocycles. The van der Waals surface area contributed by atoms with Crippen LogP contribution >= 0.6 is 11.6 Å². The molecular weight excluding hydrogens is 282 g/mol. The largest absolute Gasteiger partial charge is 0.398 e. The van der Waals surface area contributed by atoms with Gasteiger partial charge >= 0.3 is 0 Å². The Balaban J connectivity index is 2.03. The first-order valence-electron chi connectivity index (χ1n) is 7.17. The smallest absolute Gasteiger partial charge is 0.143 e. The minimum Gasteiger partial charge on any atom is -0.398 e. The van der Waals surface area contributed by atoms with E-state index in [0.717, 1.165) is 16.9 Å². The van der Waals surface area contributed by atoms with E-state index < -0.39 is 0 Å². The number of nitrogens with zero attached hydrogens (tertiary/aromatic N) is 2. The van der Waals surface area contributed by atoms with Gasteiger partial charge in [0.1, 0.15) is 5.82 Å². The number of fused-ring (bicyclic) bond motifs is 1. The van der Waals surface area contributed by atoms with Crippen LogP contribution in [0.2, 0.25) is 5.02 Å². The molecule has 4 heteroatoms. The van der Waals surface area contributed by atoms with Crippen molar-refractivity contribution in [3.05, 3.63) is 47.0 Å². The second kappa shape index (κ2) is 4.50. The number of halogens is 1. The van der Waals surface area contributed by atoms with Gasteiger partial charge in [0, 0.05) is 22.3 Å². The molecule has 0 amide bonds. The maximum Gasteiger partial charge on any atom is 0.143 e. The van der Waals surface area contributed by atoms with E-state index >= 15 is 0 Å². The van der Waals surface area contributed by atoms with E-state index in [1.807, 2.05) is 18.2 Å². The van der Waals surface area contributed by atoms with E-state index in [-0.39, 0.29) is 0 Å². The van der Waals surface area contributed by atoms with Crippen molar-refractivity contribution in [2.45, 2.75) is 25.8 Å². The summed E-state index contributed by atoms with van der Waals surface area (Å²) in [6.07, 6.45) is 2.40. The Hall–Kier alpha value is -2.00. The molecule has 1 aliphatic rings. The zero-order valence-corrected chi connectivity index (χ0v) is 12.6. The van der Waals surface area contributed by atoms with Crippen LogP contribution in [0.15, 0.2) is 36.4 Å². The van der Waals surface area contributed by atoms with Gasteiger partial charge in [0.05, 0.1) is 11.0 Å². The summed E-state index contributed by atoms with van der Waals surface area (Å²) < 4.78 is 2.32. The van der Waals surface area contributed by atoms with Crippen LogP contribution < -0.4 is 5.73 Å². The lowest BCUT2D eigenvalue weighted by atomic mass is 10.1. The average molecular weight is 298 g/mol. The average Bonchev–Trinajstić information content (AvgIpc) is 3.22. The summed E-state index contributed by atoms with van der Waals surface area (Å²) in [7, 11) is 0. The Kier molecular flexibility index (Phi) is 2.73. The third kappa shape index (κ3) is 2.09. The highest BCUT2D eigenvalue weighted by Crippen LogP contribution is 2.42. The van der Waals surface area contributed by atoms with Crippen LogP contribution in [0.5, 0.6) is 0 Å². The van der Waals surface area contributed by atoms with Crippen molar-refractivity contribution in [3.63, 3.8) is 0 Å². The topological polar surface area (TPSA) is 43.8 Å². The van der Waals surface area contributed by atoms with Gasteiger partial charge in [-0.1, -0.05) is 17.7 Å². The van der Waals surface area contributed by atoms with Crippen molar-refractivity contribution < 1.29 is 0 Å². The minimum absolute atomic E-state index is 0.533. The normalized spacial score (nSPS) is 14.8. The number of rotatable bonds is 2. The van der Waals surface area contributed by atoms with Crippen LogP contribution in [0.1, 0.15) is 24.4 Å². The van der Waals surface area contributed by atoms with E-state index in [2.05, 4.69) is 29.7 Å². The lowest BCUT2D eigenvalue weighted by Gasteiger charge is -2.10. The molecule has 4 rings (SSSR count). The van der Waals surface area contributed by atoms with E-state index in [1.165, 1.54) is 23.9 Å². The molecule has 0 bridgehead atoms. The molecule has 1 aromatic heterocycles. The van der Waals surface area contributed by atoms with Crippen molar-refractivity contribution >= 4 is 28.3 Å². The highest BCUT2D eigenvalue weighted by atomic mass is 35.5. The number of aromatic nitrogens is 2. The van der Waals surface area contributed by atoms with Crippen LogP contribution in [0.3, 0.4) is 0 Å². The van der Waals surface area contributed by atoms with Crippen LogP contribution in [0.4, 0.5) is 5.69 Å². The van der Waals surface area contributed by atoms with Crippen molar-refractivity contribution in [2.24, 2.45) is 0 Å². The maximum atomic E-state index is 6.15. The molecule has 2 aromatic carbocycles. The monoisotopic (exact) mass is 297 g/mol. The first kappa shape index (κ1) is 12.7. The number of nitrogens with two attached hydrogens (primary N) is 1. The molecule has 0 radical (unpaired) electrons. The number of benzene rings is 2. The second-order valence-corrected chi connectivity index (χ2v) is 6.20. The van der Waals surface area contributed by atoms with Crippen molar-refractivity contribution in [2.75, 3.05) is 5.73 Å². The van der Waals surface area contributed by atoms with Crippen LogP contribution in [0.25, 0.3) is 22.4 Å². The van der Waals surface area contributed by atoms with Crippen molar-refractivity contribution in [1.29, 1.82) is 0 Å². The molecule has 3 nitrogen and oxygen atoms in total. The third-order valence-electron chi connectivity index (χ3n) is 4.01. The summed E-state index contributed by atoms with van der Waals surface area (Å²) >= 11 is 6.15. The van der Waals surface area contributed by atoms with Crippen molar-refractivity contribution in [3.8, 4) is 11.4 Å². The lowest BCUT2D eigenvalue weighted by molar-refractivity contribution is 0.775. The van der Waals surface area contributed by atoms with Crippen LogP contribution in [-0.4, -0.2) is 9.55 Å². The van der Waals surface area contributed by atoms with E-state index in [0.29, 0.717) is 16.8 Å². The summed E-state index contributed by atoms with van der Waals surface area (Å²) in [5.41, 5.74) is 11.2. The van der Waals surface area contributed by atoms with Gasteiger partial charge in [0.25, 0.3) is 0 Å². The summed E-state index contributed by atoms with van der Waals surface area (Å²) in [6, 6.07) is 12.5. The molecule has 1 saturated carbocycles. The number of hydrogen-bond donors (Lipinski definition) is 1. The Labute approximate surface area is 128 Å². The number of nitrogen functional groups attached to an aromatic ring is 1. The molecule has 1 fully saturated rings. The first-order chi connectivity index (χ1) is 10.1. The van der Waals surface area contributed by atoms with Crippen LogP contribution in [-0.2, 0) is 0 Å². The summed E-state index contributed by atoms with van der Waals surface area (Å²) in [4.78, 5) is 4.83. The molecule has 106 valence electrons. The number of aryl methyl sites for hydroxylation is 1. The fourth-order valence-electron chi connectivity index (χ4n) is 2.82. The fourth-order valence-corrected chi connectivity index (χ4v) is 3.00. The summed E-state index contributed by atoms with van der Waals surface area (Å²) in [5, 5.41) is 0.685. The standard InChI is InChI=1S/C17H16ClN3/c1-10-2-7-16-15(8-10)20-17(21(16)12-4-5-12)13-9-11(18)3-6-14(13)19/h2-3,6-9,12H,4-5,19H2,1H3. The van der Waals surface area contributed by atoms with Gasteiger partial charge in [0.15, 0.2) is 0 Å². The van der Waals surface area contributed by atoms with E-state index in [4.69, 9.17) is 22.3 Å². The quantitative estimate of drug-likeness (QED) is 0.703. The SMILES string of the molecule is Cc1ccc2c(c1)nc(-c1cc(Cl)ccc1N)n2C1CC1. The van der Waals surface area contributed by atoms with Gasteiger partial charge in [-0.2, -0.15) is 0 Å². The fraction of sp³-hybridized carbons (Fsp3) is 0.235. The number of hydrogen-bond acceptors (Lipinski definition) is 2. The Morgan fingerprint density at radius 2 is 2.00 bits per heavy atom. The van der Waals surface area contributed by atoms with Crippen molar-refractivity contribution in [1.82, 2.24) is 9.55 Å².